The van der Waals surface area contributed by atoms with Crippen LogP contribution in [0.15, 0.2) is 70.6 Å². The van der Waals surface area contributed by atoms with Gasteiger partial charge in [-0.3, -0.25) is 4.99 Å². The van der Waals surface area contributed by atoms with Crippen LogP contribution in [0.5, 0.6) is 0 Å². The van der Waals surface area contributed by atoms with Crippen molar-refractivity contribution in [3.05, 3.63) is 60.7 Å². The average molecular weight is 429 g/mol. The molecule has 0 spiro atoms. The van der Waals surface area contributed by atoms with Gasteiger partial charge in [0.2, 0.25) is 0 Å². The molecular weight excluding hydrogens is 388 g/mol. The Hall–Kier alpha value is -2.66. The van der Waals surface area contributed by atoms with Crippen molar-refractivity contribution in [2.45, 2.75) is 90.4 Å². The summed E-state index contributed by atoms with van der Waals surface area (Å²) < 4.78 is 0. The molecule has 0 radical (unpaired) electrons. The van der Waals surface area contributed by atoms with Crippen LogP contribution in [-0.4, -0.2) is 11.9 Å². The molecule has 2 rings (SSSR count). The molecule has 170 valence electrons. The number of unbranched alkanes of at least 4 members (excludes halogenated alkanes) is 12. The fraction of sp³-hybridized carbons (Fsp3) is 0.467. The molecule has 0 aromatic heterocycles. The van der Waals surface area contributed by atoms with E-state index in [0.29, 0.717) is 5.71 Å². The number of para-hydroxylation sites is 2. The van der Waals surface area contributed by atoms with E-state index in [0.717, 1.165) is 17.8 Å². The number of nitrogens with zero attached hydrogens (tertiary/aromatic N) is 2. The van der Waals surface area contributed by atoms with Gasteiger partial charge in [-0.2, -0.15) is 0 Å². The molecule has 2 aromatic rings. The third-order valence-electron chi connectivity index (χ3n) is 5.47. The number of hydrogen-bond donors (Lipinski definition) is 0. The summed E-state index contributed by atoms with van der Waals surface area (Å²) in [4.78, 5) is 9.20. The van der Waals surface area contributed by atoms with Crippen LogP contribution < -0.4 is 0 Å². The van der Waals surface area contributed by atoms with Crippen LogP contribution in [0.3, 0.4) is 0 Å². The summed E-state index contributed by atoms with van der Waals surface area (Å²) in [6.07, 6.45) is 19.1. The summed E-state index contributed by atoms with van der Waals surface area (Å²) >= 11 is 0. The molecule has 0 amide bonds. The summed E-state index contributed by atoms with van der Waals surface area (Å²) in [5.41, 5.74) is 2.52. The third-order valence-corrected chi connectivity index (χ3v) is 5.47. The van der Waals surface area contributed by atoms with Crippen LogP contribution in [0.4, 0.5) is 11.4 Å². The van der Waals surface area contributed by atoms with E-state index in [1.807, 2.05) is 60.7 Å². The monoisotopic (exact) mass is 428 g/mol. The molecule has 32 heavy (non-hydrogen) atoms. The topological polar surface area (TPSA) is 24.7 Å². The van der Waals surface area contributed by atoms with Crippen molar-refractivity contribution in [3.8, 4) is 11.8 Å². The Morgan fingerprint density at radius 3 is 1.72 bits per heavy atom. The second kappa shape index (κ2) is 18.0. The number of aliphatic imine (C=N–C) groups is 2. The Morgan fingerprint density at radius 1 is 0.656 bits per heavy atom. The molecule has 0 N–H and O–H groups in total. The summed E-state index contributed by atoms with van der Waals surface area (Å²) in [6, 6.07) is 19.9. The highest BCUT2D eigenvalue weighted by atomic mass is 14.8. The lowest BCUT2D eigenvalue weighted by atomic mass is 10.0. The van der Waals surface area contributed by atoms with E-state index in [1.165, 1.54) is 77.0 Å². The molecule has 2 heteroatoms. The molecule has 0 fully saturated rings. The molecule has 0 aliphatic carbocycles. The first-order valence-corrected chi connectivity index (χ1v) is 12.6. The van der Waals surface area contributed by atoms with Gasteiger partial charge in [0.25, 0.3) is 0 Å². The van der Waals surface area contributed by atoms with Crippen LogP contribution in [0, 0.1) is 11.8 Å². The van der Waals surface area contributed by atoms with Crippen LogP contribution in [-0.2, 0) is 0 Å². The summed E-state index contributed by atoms with van der Waals surface area (Å²) in [5, 5.41) is 0. The largest absolute Gasteiger partial charge is 0.254 e. The molecule has 0 bridgehead atoms. The normalized spacial score (nSPS) is 11.5. The molecule has 0 atom stereocenters. The van der Waals surface area contributed by atoms with Crippen molar-refractivity contribution in [1.82, 2.24) is 0 Å². The molecule has 2 aromatic carbocycles. The Labute approximate surface area is 196 Å². The zero-order valence-electron chi connectivity index (χ0n) is 19.9. The first kappa shape index (κ1) is 25.6. The predicted octanol–water partition coefficient (Wildman–Crippen LogP) is 9.26. The van der Waals surface area contributed by atoms with E-state index in [2.05, 4.69) is 28.7 Å². The van der Waals surface area contributed by atoms with E-state index in [-0.39, 0.29) is 0 Å². The van der Waals surface area contributed by atoms with Crippen molar-refractivity contribution in [3.63, 3.8) is 0 Å². The number of rotatable bonds is 15. The maximum absolute atomic E-state index is 4.67. The van der Waals surface area contributed by atoms with Gasteiger partial charge in [-0.1, -0.05) is 120 Å². The van der Waals surface area contributed by atoms with E-state index in [1.54, 1.807) is 6.21 Å². The molecular formula is C30H40N2. The number of benzene rings is 2. The minimum Gasteiger partial charge on any atom is -0.254 e. The zero-order chi connectivity index (χ0) is 22.5. The average Bonchev–Trinajstić information content (AvgIpc) is 2.84. The SMILES string of the molecule is CCCCCCCCCCCCCCC#CC(C=Nc1ccccc1)=Nc1ccccc1. The molecule has 0 aliphatic rings. The maximum Gasteiger partial charge on any atom is 0.132 e. The maximum atomic E-state index is 4.67. The van der Waals surface area contributed by atoms with Gasteiger partial charge in [-0.15, -0.1) is 0 Å². The number of hydrogen-bond acceptors (Lipinski definition) is 2. The molecule has 0 saturated carbocycles. The third kappa shape index (κ3) is 12.9. The second-order valence-electron chi connectivity index (χ2n) is 8.37. The summed E-state index contributed by atoms with van der Waals surface area (Å²) in [7, 11) is 0. The highest BCUT2D eigenvalue weighted by Crippen LogP contribution is 2.13. The van der Waals surface area contributed by atoms with Crippen LogP contribution in [0.2, 0.25) is 0 Å². The van der Waals surface area contributed by atoms with Crippen molar-refractivity contribution in [2.24, 2.45) is 9.98 Å². The summed E-state index contributed by atoms with van der Waals surface area (Å²) in [6.45, 7) is 2.28. The van der Waals surface area contributed by atoms with Crippen LogP contribution >= 0.6 is 0 Å². The lowest BCUT2D eigenvalue weighted by Crippen LogP contribution is -1.95. The van der Waals surface area contributed by atoms with E-state index < -0.39 is 0 Å². The molecule has 0 heterocycles. The van der Waals surface area contributed by atoms with Gasteiger partial charge < -0.3 is 0 Å². The van der Waals surface area contributed by atoms with Crippen molar-refractivity contribution in [2.75, 3.05) is 0 Å². The smallest absolute Gasteiger partial charge is 0.132 e. The molecule has 2 nitrogen and oxygen atoms in total. The van der Waals surface area contributed by atoms with E-state index in [9.17, 15) is 0 Å². The Bertz CT molecular complexity index is 825. The van der Waals surface area contributed by atoms with E-state index >= 15 is 0 Å². The van der Waals surface area contributed by atoms with Crippen molar-refractivity contribution < 1.29 is 0 Å². The van der Waals surface area contributed by atoms with Gasteiger partial charge in [0, 0.05) is 6.42 Å². The molecule has 0 aliphatic heterocycles. The van der Waals surface area contributed by atoms with E-state index in [4.69, 9.17) is 0 Å². The van der Waals surface area contributed by atoms with Gasteiger partial charge >= 0.3 is 0 Å². The predicted molar refractivity (Wildman–Crippen MR) is 142 cm³/mol. The Morgan fingerprint density at radius 2 is 1.16 bits per heavy atom. The lowest BCUT2D eigenvalue weighted by molar-refractivity contribution is 0.545. The summed E-state index contributed by atoms with van der Waals surface area (Å²) in [5.74, 6) is 6.53. The molecule has 0 saturated heterocycles. The Kier molecular flexibility index (Phi) is 14.4. The highest BCUT2D eigenvalue weighted by Gasteiger charge is 1.95. The Balaban J connectivity index is 1.68. The fourth-order valence-electron chi connectivity index (χ4n) is 3.59. The zero-order valence-corrected chi connectivity index (χ0v) is 19.9. The standard InChI is InChI=1S/C30H40N2/c1-2-3-4-5-6-7-8-9-10-11-12-13-14-17-26-30(32-29-24-20-16-21-25-29)27-31-28-22-18-15-19-23-28/h15-16,18-25,27H,2-14H2,1H3. The lowest BCUT2D eigenvalue weighted by Gasteiger charge is -2.01. The minimum absolute atomic E-state index is 0.707. The minimum atomic E-state index is 0.707. The first-order chi connectivity index (χ1) is 15.9. The van der Waals surface area contributed by atoms with Crippen LogP contribution in [0.1, 0.15) is 90.4 Å². The van der Waals surface area contributed by atoms with Crippen molar-refractivity contribution in [1.29, 1.82) is 0 Å². The van der Waals surface area contributed by atoms with Gasteiger partial charge in [-0.05, 0) is 36.6 Å². The molecule has 0 unspecified atom stereocenters. The van der Waals surface area contributed by atoms with Crippen LogP contribution in [0.25, 0.3) is 0 Å². The van der Waals surface area contributed by atoms with Gasteiger partial charge in [0.05, 0.1) is 17.6 Å². The van der Waals surface area contributed by atoms with Crippen molar-refractivity contribution >= 4 is 23.3 Å². The van der Waals surface area contributed by atoms with Gasteiger partial charge in [0.15, 0.2) is 0 Å². The highest BCUT2D eigenvalue weighted by molar-refractivity contribution is 6.39. The van der Waals surface area contributed by atoms with Gasteiger partial charge in [0.1, 0.15) is 5.71 Å². The van der Waals surface area contributed by atoms with Gasteiger partial charge in [-0.25, -0.2) is 4.99 Å². The second-order valence-corrected chi connectivity index (χ2v) is 8.37. The fourth-order valence-corrected chi connectivity index (χ4v) is 3.59. The first-order valence-electron chi connectivity index (χ1n) is 12.6. The quantitative estimate of drug-likeness (QED) is 0.153.